The van der Waals surface area contributed by atoms with Gasteiger partial charge in [-0.25, -0.2) is 4.68 Å². The molecule has 2 aliphatic rings. The molecule has 3 heterocycles. The van der Waals surface area contributed by atoms with Gasteiger partial charge in [-0.3, -0.25) is 4.79 Å². The van der Waals surface area contributed by atoms with Gasteiger partial charge in [0.05, 0.1) is 24.4 Å². The lowest BCUT2D eigenvalue weighted by Crippen LogP contribution is -2.41. The Kier molecular flexibility index (Phi) is 3.90. The standard InChI is InChI=1S/C19H23N3O3/c1-12-17(19(24-3)21(2)20-12)14-8-6-10-22(14)18(23)16-11-13-7-4-5-9-15(13)25-16/h4-5,7,9,14,16H,6,8,10-11H2,1-3H3/t14-,16-/m1/s1. The molecular formula is C19H23N3O3. The molecule has 6 heteroatoms. The van der Waals surface area contributed by atoms with Crippen LogP contribution in [0.5, 0.6) is 11.6 Å². The van der Waals surface area contributed by atoms with Gasteiger partial charge in [-0.05, 0) is 31.4 Å². The van der Waals surface area contributed by atoms with E-state index in [0.29, 0.717) is 6.42 Å². The predicted molar refractivity (Wildman–Crippen MR) is 92.7 cm³/mol. The van der Waals surface area contributed by atoms with Crippen molar-refractivity contribution in [2.75, 3.05) is 13.7 Å². The third-order valence-electron chi connectivity index (χ3n) is 5.20. The van der Waals surface area contributed by atoms with E-state index in [1.807, 2.05) is 43.1 Å². The van der Waals surface area contributed by atoms with Gasteiger partial charge in [-0.15, -0.1) is 0 Å². The summed E-state index contributed by atoms with van der Waals surface area (Å²) in [5.41, 5.74) is 3.04. The predicted octanol–water partition coefficient (Wildman–Crippen LogP) is 2.40. The van der Waals surface area contributed by atoms with E-state index in [4.69, 9.17) is 9.47 Å². The van der Waals surface area contributed by atoms with Crippen LogP contribution in [0.4, 0.5) is 0 Å². The van der Waals surface area contributed by atoms with E-state index in [1.165, 1.54) is 0 Å². The van der Waals surface area contributed by atoms with Gasteiger partial charge in [0, 0.05) is 20.0 Å². The third-order valence-corrected chi connectivity index (χ3v) is 5.20. The smallest absolute Gasteiger partial charge is 0.264 e. The van der Waals surface area contributed by atoms with E-state index in [9.17, 15) is 4.79 Å². The van der Waals surface area contributed by atoms with Crippen molar-refractivity contribution in [2.45, 2.75) is 38.3 Å². The number of hydrogen-bond acceptors (Lipinski definition) is 4. The van der Waals surface area contributed by atoms with Crippen molar-refractivity contribution in [1.29, 1.82) is 0 Å². The van der Waals surface area contributed by atoms with Crippen LogP contribution in [-0.2, 0) is 18.3 Å². The average Bonchev–Trinajstić information content (AvgIpc) is 3.30. The van der Waals surface area contributed by atoms with Crippen molar-refractivity contribution >= 4 is 5.91 Å². The average molecular weight is 341 g/mol. The highest BCUT2D eigenvalue weighted by Crippen LogP contribution is 2.40. The number of aromatic nitrogens is 2. The summed E-state index contributed by atoms with van der Waals surface area (Å²) in [6.07, 6.45) is 2.12. The molecular weight excluding hydrogens is 318 g/mol. The number of hydrogen-bond donors (Lipinski definition) is 0. The van der Waals surface area contributed by atoms with Crippen LogP contribution in [0.1, 0.15) is 35.7 Å². The molecule has 1 amide bonds. The zero-order valence-electron chi connectivity index (χ0n) is 14.9. The molecule has 0 spiro atoms. The molecule has 2 atom stereocenters. The van der Waals surface area contributed by atoms with E-state index in [0.717, 1.165) is 47.8 Å². The van der Waals surface area contributed by atoms with E-state index >= 15 is 0 Å². The summed E-state index contributed by atoms with van der Waals surface area (Å²) in [6.45, 7) is 2.72. The van der Waals surface area contributed by atoms with Crippen molar-refractivity contribution < 1.29 is 14.3 Å². The summed E-state index contributed by atoms with van der Waals surface area (Å²) in [5.74, 6) is 1.62. The second-order valence-electron chi connectivity index (χ2n) is 6.74. The first kappa shape index (κ1) is 16.0. The van der Waals surface area contributed by atoms with Gasteiger partial charge in [0.1, 0.15) is 5.75 Å². The van der Waals surface area contributed by atoms with Crippen molar-refractivity contribution in [3.05, 3.63) is 41.1 Å². The zero-order chi connectivity index (χ0) is 17.6. The van der Waals surface area contributed by atoms with Gasteiger partial charge in [0.2, 0.25) is 5.88 Å². The van der Waals surface area contributed by atoms with Crippen LogP contribution in [0, 0.1) is 6.92 Å². The molecule has 25 heavy (non-hydrogen) atoms. The van der Waals surface area contributed by atoms with Crippen LogP contribution in [0.25, 0.3) is 0 Å². The molecule has 6 nitrogen and oxygen atoms in total. The largest absolute Gasteiger partial charge is 0.481 e. The number of para-hydroxylation sites is 1. The molecule has 0 unspecified atom stereocenters. The molecule has 1 aromatic carbocycles. The SMILES string of the molecule is COc1c([C@H]2CCCN2C(=O)[C@H]2Cc3ccccc3O2)c(C)nn1C. The highest BCUT2D eigenvalue weighted by atomic mass is 16.5. The van der Waals surface area contributed by atoms with Gasteiger partial charge in [0.15, 0.2) is 6.10 Å². The molecule has 0 N–H and O–H groups in total. The molecule has 1 saturated heterocycles. The van der Waals surface area contributed by atoms with Crippen LogP contribution in [-0.4, -0.2) is 40.3 Å². The highest BCUT2D eigenvalue weighted by molar-refractivity contribution is 5.83. The molecule has 1 aromatic heterocycles. The maximum atomic E-state index is 13.2. The zero-order valence-corrected chi connectivity index (χ0v) is 14.9. The Labute approximate surface area is 147 Å². The molecule has 0 aliphatic carbocycles. The summed E-state index contributed by atoms with van der Waals surface area (Å²) in [5, 5.41) is 4.47. The molecule has 2 aromatic rings. The number of rotatable bonds is 3. The quantitative estimate of drug-likeness (QED) is 0.860. The van der Waals surface area contributed by atoms with Crippen LogP contribution < -0.4 is 9.47 Å². The first-order chi connectivity index (χ1) is 12.1. The lowest BCUT2D eigenvalue weighted by molar-refractivity contribution is -0.138. The molecule has 132 valence electrons. The minimum atomic E-state index is -0.430. The Morgan fingerprint density at radius 3 is 2.92 bits per heavy atom. The molecule has 4 rings (SSSR count). The monoisotopic (exact) mass is 341 g/mol. The van der Waals surface area contributed by atoms with Crippen LogP contribution in [0.2, 0.25) is 0 Å². The third kappa shape index (κ3) is 2.56. The summed E-state index contributed by atoms with van der Waals surface area (Å²) in [6, 6.07) is 7.88. The second-order valence-corrected chi connectivity index (χ2v) is 6.74. The fraction of sp³-hybridized carbons (Fsp3) is 0.474. The summed E-state index contributed by atoms with van der Waals surface area (Å²) in [7, 11) is 3.52. The van der Waals surface area contributed by atoms with E-state index in [1.54, 1.807) is 11.8 Å². The first-order valence-corrected chi connectivity index (χ1v) is 8.72. The van der Waals surface area contributed by atoms with E-state index in [-0.39, 0.29) is 11.9 Å². The summed E-state index contributed by atoms with van der Waals surface area (Å²) >= 11 is 0. The number of benzene rings is 1. The van der Waals surface area contributed by atoms with Gasteiger partial charge >= 0.3 is 0 Å². The van der Waals surface area contributed by atoms with Crippen molar-refractivity contribution in [3.63, 3.8) is 0 Å². The van der Waals surface area contributed by atoms with Gasteiger partial charge in [0.25, 0.3) is 5.91 Å². The number of carbonyl (C=O) groups excluding carboxylic acids is 1. The van der Waals surface area contributed by atoms with E-state index in [2.05, 4.69) is 5.10 Å². The first-order valence-electron chi connectivity index (χ1n) is 8.72. The van der Waals surface area contributed by atoms with Crippen molar-refractivity contribution in [2.24, 2.45) is 7.05 Å². The normalized spacial score (nSPS) is 22.0. The maximum Gasteiger partial charge on any atom is 0.264 e. The minimum Gasteiger partial charge on any atom is -0.481 e. The van der Waals surface area contributed by atoms with Crippen molar-refractivity contribution in [3.8, 4) is 11.6 Å². The molecule has 0 saturated carbocycles. The Bertz CT molecular complexity index is 789. The Morgan fingerprint density at radius 1 is 1.36 bits per heavy atom. The number of likely N-dealkylation sites (tertiary alicyclic amines) is 1. The van der Waals surface area contributed by atoms with Crippen LogP contribution in [0.3, 0.4) is 0 Å². The van der Waals surface area contributed by atoms with Gasteiger partial charge in [-0.1, -0.05) is 18.2 Å². The molecule has 0 radical (unpaired) electrons. The number of ether oxygens (including phenoxy) is 2. The van der Waals surface area contributed by atoms with Crippen molar-refractivity contribution in [1.82, 2.24) is 14.7 Å². The maximum absolute atomic E-state index is 13.2. The molecule has 1 fully saturated rings. The summed E-state index contributed by atoms with van der Waals surface area (Å²) in [4.78, 5) is 15.1. The number of fused-ring (bicyclic) bond motifs is 1. The Morgan fingerprint density at radius 2 is 2.16 bits per heavy atom. The van der Waals surface area contributed by atoms with Crippen LogP contribution >= 0.6 is 0 Å². The number of carbonyl (C=O) groups is 1. The van der Waals surface area contributed by atoms with E-state index < -0.39 is 6.10 Å². The number of aryl methyl sites for hydroxylation is 2. The minimum absolute atomic E-state index is 0.00321. The number of amides is 1. The number of methoxy groups -OCH3 is 1. The number of nitrogens with zero attached hydrogens (tertiary/aromatic N) is 3. The van der Waals surface area contributed by atoms with Gasteiger partial charge < -0.3 is 14.4 Å². The lowest BCUT2D eigenvalue weighted by atomic mass is 10.0. The van der Waals surface area contributed by atoms with Crippen LogP contribution in [0.15, 0.2) is 24.3 Å². The fourth-order valence-electron chi connectivity index (χ4n) is 4.11. The fourth-order valence-corrected chi connectivity index (χ4v) is 4.11. The molecule has 2 aliphatic heterocycles. The lowest BCUT2D eigenvalue weighted by Gasteiger charge is -2.27. The highest BCUT2D eigenvalue weighted by Gasteiger charge is 2.40. The summed E-state index contributed by atoms with van der Waals surface area (Å²) < 4.78 is 13.2. The molecule has 0 bridgehead atoms. The second kappa shape index (κ2) is 6.10. The Balaban J connectivity index is 1.60. The van der Waals surface area contributed by atoms with Gasteiger partial charge in [-0.2, -0.15) is 5.10 Å². The Hall–Kier alpha value is -2.50. The topological polar surface area (TPSA) is 56.6 Å².